The number of rotatable bonds is 4. The summed E-state index contributed by atoms with van der Waals surface area (Å²) >= 11 is 0. The average Bonchev–Trinajstić information content (AvgIpc) is 2.38. The molecule has 1 aromatic rings. The summed E-state index contributed by atoms with van der Waals surface area (Å²) in [5.41, 5.74) is 0. The number of carbonyl (C=O) groups is 1. The molecule has 1 heterocycles. The maximum Gasteiger partial charge on any atom is 0.234 e. The Labute approximate surface area is 107 Å². The van der Waals surface area contributed by atoms with Crippen molar-refractivity contribution in [2.45, 2.75) is 4.90 Å². The standard InChI is InChI=1S/C12H16N2O3S/c15-12-10-14(7-6-13-12)8-9-18(16,17)11-4-2-1-3-5-11/h1-5H,6-10H2,(H,13,15). The first kappa shape index (κ1) is 13.0. The summed E-state index contributed by atoms with van der Waals surface area (Å²) in [5.74, 6) is 0.00274. The Morgan fingerprint density at radius 2 is 1.94 bits per heavy atom. The van der Waals surface area contributed by atoms with Gasteiger partial charge < -0.3 is 5.32 Å². The third-order valence-corrected chi connectivity index (χ3v) is 4.61. The van der Waals surface area contributed by atoms with E-state index in [0.717, 1.165) is 0 Å². The van der Waals surface area contributed by atoms with Crippen LogP contribution in [0.3, 0.4) is 0 Å². The van der Waals surface area contributed by atoms with Crippen molar-refractivity contribution in [2.75, 3.05) is 31.9 Å². The smallest absolute Gasteiger partial charge is 0.234 e. The van der Waals surface area contributed by atoms with Crippen LogP contribution in [0.4, 0.5) is 0 Å². The number of piperazine rings is 1. The van der Waals surface area contributed by atoms with Gasteiger partial charge in [0.1, 0.15) is 0 Å². The molecule has 0 radical (unpaired) electrons. The maximum atomic E-state index is 12.0. The second kappa shape index (κ2) is 5.49. The van der Waals surface area contributed by atoms with Crippen LogP contribution in [0, 0.1) is 0 Å². The fourth-order valence-corrected chi connectivity index (χ4v) is 3.18. The van der Waals surface area contributed by atoms with E-state index in [1.807, 2.05) is 4.90 Å². The molecule has 18 heavy (non-hydrogen) atoms. The normalized spacial score (nSPS) is 17.4. The average molecular weight is 268 g/mol. The molecule has 1 saturated heterocycles. The minimum absolute atomic E-state index is 0.0432. The van der Waals surface area contributed by atoms with E-state index in [1.165, 1.54) is 0 Å². The Bertz CT molecular complexity index is 513. The lowest BCUT2D eigenvalue weighted by atomic mass is 10.3. The second-order valence-corrected chi connectivity index (χ2v) is 6.37. The van der Waals surface area contributed by atoms with E-state index in [0.29, 0.717) is 24.5 Å². The van der Waals surface area contributed by atoms with E-state index in [2.05, 4.69) is 5.32 Å². The highest BCUT2D eigenvalue weighted by Crippen LogP contribution is 2.10. The highest BCUT2D eigenvalue weighted by Gasteiger charge is 2.20. The Morgan fingerprint density at radius 1 is 1.22 bits per heavy atom. The quantitative estimate of drug-likeness (QED) is 0.827. The van der Waals surface area contributed by atoms with Gasteiger partial charge in [0.05, 0.1) is 17.2 Å². The Kier molecular flexibility index (Phi) is 3.98. The molecule has 1 N–H and O–H groups in total. The van der Waals surface area contributed by atoms with Crippen LogP contribution in [0.5, 0.6) is 0 Å². The van der Waals surface area contributed by atoms with Gasteiger partial charge in [-0.25, -0.2) is 8.42 Å². The van der Waals surface area contributed by atoms with Gasteiger partial charge >= 0.3 is 0 Å². The SMILES string of the molecule is O=C1CN(CCS(=O)(=O)c2ccccc2)CCN1. The van der Waals surface area contributed by atoms with Gasteiger partial charge in [0, 0.05) is 19.6 Å². The van der Waals surface area contributed by atoms with Crippen molar-refractivity contribution in [3.63, 3.8) is 0 Å². The molecule has 5 nitrogen and oxygen atoms in total. The molecular formula is C12H16N2O3S. The van der Waals surface area contributed by atoms with Gasteiger partial charge in [0.15, 0.2) is 9.84 Å². The summed E-state index contributed by atoms with van der Waals surface area (Å²) in [6.07, 6.45) is 0. The molecule has 6 heteroatoms. The third kappa shape index (κ3) is 3.30. The molecule has 0 spiro atoms. The number of sulfone groups is 1. The molecule has 0 atom stereocenters. The number of amides is 1. The molecule has 1 fully saturated rings. The van der Waals surface area contributed by atoms with Crippen LogP contribution >= 0.6 is 0 Å². The Hall–Kier alpha value is -1.40. The van der Waals surface area contributed by atoms with Crippen molar-refractivity contribution in [1.29, 1.82) is 0 Å². The van der Waals surface area contributed by atoms with Crippen molar-refractivity contribution in [3.05, 3.63) is 30.3 Å². The molecule has 2 rings (SSSR count). The highest BCUT2D eigenvalue weighted by atomic mass is 32.2. The monoisotopic (exact) mass is 268 g/mol. The number of benzene rings is 1. The first-order chi connectivity index (χ1) is 8.58. The summed E-state index contributed by atoms with van der Waals surface area (Å²) < 4.78 is 24.1. The van der Waals surface area contributed by atoms with Crippen LogP contribution in [-0.2, 0) is 14.6 Å². The summed E-state index contributed by atoms with van der Waals surface area (Å²) in [7, 11) is -3.25. The predicted molar refractivity (Wildman–Crippen MR) is 67.9 cm³/mol. The summed E-state index contributed by atoms with van der Waals surface area (Å²) in [4.78, 5) is 13.4. The van der Waals surface area contributed by atoms with Gasteiger partial charge in [-0.2, -0.15) is 0 Å². The third-order valence-electron chi connectivity index (χ3n) is 2.90. The number of carbonyl (C=O) groups excluding carboxylic acids is 1. The molecule has 1 aromatic carbocycles. The van der Waals surface area contributed by atoms with E-state index in [4.69, 9.17) is 0 Å². The number of hydrogen-bond acceptors (Lipinski definition) is 4. The molecule has 0 aromatic heterocycles. The Morgan fingerprint density at radius 3 is 2.61 bits per heavy atom. The van der Waals surface area contributed by atoms with E-state index in [9.17, 15) is 13.2 Å². The van der Waals surface area contributed by atoms with Crippen molar-refractivity contribution in [2.24, 2.45) is 0 Å². The summed E-state index contributed by atoms with van der Waals surface area (Å²) in [6, 6.07) is 8.40. The van der Waals surface area contributed by atoms with Gasteiger partial charge in [0.25, 0.3) is 0 Å². The predicted octanol–water partition coefficient (Wildman–Crippen LogP) is -0.108. The topological polar surface area (TPSA) is 66.5 Å². The maximum absolute atomic E-state index is 12.0. The van der Waals surface area contributed by atoms with Gasteiger partial charge in [-0.1, -0.05) is 18.2 Å². The van der Waals surface area contributed by atoms with Gasteiger partial charge in [-0.3, -0.25) is 9.69 Å². The Balaban J connectivity index is 1.95. The van der Waals surface area contributed by atoms with Crippen LogP contribution in [0.15, 0.2) is 35.2 Å². The molecule has 0 unspecified atom stereocenters. The molecular weight excluding hydrogens is 252 g/mol. The first-order valence-corrected chi connectivity index (χ1v) is 7.50. The van der Waals surface area contributed by atoms with Crippen LogP contribution in [0.2, 0.25) is 0 Å². The molecule has 1 amide bonds. The number of nitrogens with zero attached hydrogens (tertiary/aromatic N) is 1. The molecule has 1 aliphatic heterocycles. The molecule has 1 aliphatic rings. The van der Waals surface area contributed by atoms with E-state index >= 15 is 0 Å². The van der Waals surface area contributed by atoms with Crippen LogP contribution in [0.25, 0.3) is 0 Å². The second-order valence-electron chi connectivity index (χ2n) is 4.26. The van der Waals surface area contributed by atoms with E-state index < -0.39 is 9.84 Å². The molecule has 0 saturated carbocycles. The van der Waals surface area contributed by atoms with E-state index in [1.54, 1.807) is 30.3 Å². The van der Waals surface area contributed by atoms with Crippen LogP contribution in [0.1, 0.15) is 0 Å². The van der Waals surface area contributed by atoms with E-state index in [-0.39, 0.29) is 18.2 Å². The van der Waals surface area contributed by atoms with Crippen molar-refractivity contribution < 1.29 is 13.2 Å². The van der Waals surface area contributed by atoms with Crippen molar-refractivity contribution in [3.8, 4) is 0 Å². The lowest BCUT2D eigenvalue weighted by molar-refractivity contribution is -0.123. The van der Waals surface area contributed by atoms with Crippen molar-refractivity contribution >= 4 is 15.7 Å². The number of hydrogen-bond donors (Lipinski definition) is 1. The summed E-state index contributed by atoms with van der Waals surface area (Å²) in [5, 5.41) is 2.71. The molecule has 98 valence electrons. The largest absolute Gasteiger partial charge is 0.354 e. The number of nitrogens with one attached hydrogen (secondary N) is 1. The molecule has 0 aliphatic carbocycles. The van der Waals surface area contributed by atoms with Crippen LogP contribution in [-0.4, -0.2) is 51.2 Å². The lowest BCUT2D eigenvalue weighted by Crippen LogP contribution is -2.48. The van der Waals surface area contributed by atoms with Crippen LogP contribution < -0.4 is 5.32 Å². The zero-order valence-electron chi connectivity index (χ0n) is 10.0. The molecule has 0 bridgehead atoms. The minimum Gasteiger partial charge on any atom is -0.354 e. The van der Waals surface area contributed by atoms with Gasteiger partial charge in [-0.15, -0.1) is 0 Å². The minimum atomic E-state index is -3.25. The highest BCUT2D eigenvalue weighted by molar-refractivity contribution is 7.91. The van der Waals surface area contributed by atoms with Gasteiger partial charge in [-0.05, 0) is 12.1 Å². The fourth-order valence-electron chi connectivity index (χ4n) is 1.88. The fraction of sp³-hybridized carbons (Fsp3) is 0.417. The zero-order valence-corrected chi connectivity index (χ0v) is 10.8. The zero-order chi connectivity index (χ0) is 13.0. The van der Waals surface area contributed by atoms with Gasteiger partial charge in [0.2, 0.25) is 5.91 Å². The van der Waals surface area contributed by atoms with Crippen molar-refractivity contribution in [1.82, 2.24) is 10.2 Å². The summed E-state index contributed by atoms with van der Waals surface area (Å²) in [6.45, 7) is 1.97. The lowest BCUT2D eigenvalue weighted by Gasteiger charge is -2.26. The first-order valence-electron chi connectivity index (χ1n) is 5.85.